The largest absolute Gasteiger partial charge is 0.494 e. The molecule has 3 N–H and O–H groups in total. The molecule has 3 aromatic rings. The van der Waals surface area contributed by atoms with Crippen molar-refractivity contribution in [2.45, 2.75) is 44.8 Å². The van der Waals surface area contributed by atoms with Crippen LogP contribution in [0.3, 0.4) is 0 Å². The maximum Gasteiger partial charge on any atom is 0.255 e. The van der Waals surface area contributed by atoms with Gasteiger partial charge in [0.15, 0.2) is 11.6 Å². The van der Waals surface area contributed by atoms with Gasteiger partial charge in [0.25, 0.3) is 11.8 Å². The Morgan fingerprint density at radius 2 is 1.97 bits per heavy atom. The number of rotatable bonds is 8. The third kappa shape index (κ3) is 5.22. The van der Waals surface area contributed by atoms with E-state index in [-0.39, 0.29) is 23.6 Å². The van der Waals surface area contributed by atoms with Crippen molar-refractivity contribution in [1.29, 1.82) is 0 Å². The molecule has 1 aliphatic carbocycles. The maximum atomic E-state index is 14.5. The summed E-state index contributed by atoms with van der Waals surface area (Å²) in [7, 11) is 1.39. The molecule has 37 heavy (non-hydrogen) atoms. The van der Waals surface area contributed by atoms with Gasteiger partial charge in [-0.15, -0.1) is 0 Å². The molecule has 1 atom stereocenters. The minimum atomic E-state index is -1.04. The van der Waals surface area contributed by atoms with Crippen molar-refractivity contribution in [3.05, 3.63) is 36.0 Å². The van der Waals surface area contributed by atoms with Gasteiger partial charge in [-0.3, -0.25) is 9.59 Å². The number of H-pyrrole nitrogens is 1. The Bertz CT molecular complexity index is 1310. The number of fused-ring (bicyclic) bond motifs is 1. The summed E-state index contributed by atoms with van der Waals surface area (Å²) in [6.07, 6.45) is 5.27. The van der Waals surface area contributed by atoms with Crippen LogP contribution < -0.4 is 14.8 Å². The molecule has 2 aliphatic rings. The van der Waals surface area contributed by atoms with Gasteiger partial charge in [0, 0.05) is 37.0 Å². The van der Waals surface area contributed by atoms with Crippen molar-refractivity contribution in [2.75, 3.05) is 26.8 Å². The molecule has 5 rings (SSSR count). The summed E-state index contributed by atoms with van der Waals surface area (Å²) in [6.45, 7) is 2.87. The van der Waals surface area contributed by atoms with Gasteiger partial charge in [0.05, 0.1) is 24.8 Å². The average Bonchev–Trinajstić information content (AvgIpc) is 3.63. The monoisotopic (exact) mass is 511 g/mol. The molecule has 1 aromatic carbocycles. The first-order chi connectivity index (χ1) is 17.9. The normalized spacial score (nSPS) is 17.0. The average molecular weight is 512 g/mol. The number of piperidine rings is 1. The van der Waals surface area contributed by atoms with E-state index in [0.29, 0.717) is 72.1 Å². The van der Waals surface area contributed by atoms with Gasteiger partial charge >= 0.3 is 0 Å². The van der Waals surface area contributed by atoms with Crippen LogP contribution in [0.25, 0.3) is 22.3 Å². The highest BCUT2D eigenvalue weighted by atomic mass is 19.1. The highest BCUT2D eigenvalue weighted by Gasteiger charge is 2.28. The Morgan fingerprint density at radius 3 is 2.65 bits per heavy atom. The zero-order valence-corrected chi connectivity index (χ0v) is 20.8. The molecule has 0 bridgehead atoms. The van der Waals surface area contributed by atoms with Crippen LogP contribution in [-0.2, 0) is 4.79 Å². The van der Waals surface area contributed by atoms with Gasteiger partial charge in [-0.05, 0) is 44.6 Å². The molecule has 3 heterocycles. The predicted octanol–water partition coefficient (Wildman–Crippen LogP) is 2.66. The van der Waals surface area contributed by atoms with E-state index in [4.69, 9.17) is 9.47 Å². The number of halogens is 1. The number of hydrogen-bond acceptors (Lipinski definition) is 7. The van der Waals surface area contributed by atoms with E-state index in [2.05, 4.69) is 20.3 Å². The molecule has 10 nitrogen and oxygen atoms in total. The second-order valence-corrected chi connectivity index (χ2v) is 9.63. The molecule has 196 valence electrons. The highest BCUT2D eigenvalue weighted by Crippen LogP contribution is 2.39. The molecule has 0 radical (unpaired) electrons. The number of hydrogen-bond donors (Lipinski definition) is 3. The first-order valence-electron chi connectivity index (χ1n) is 12.5. The lowest BCUT2D eigenvalue weighted by Crippen LogP contribution is -2.48. The quantitative estimate of drug-likeness (QED) is 0.424. The van der Waals surface area contributed by atoms with Crippen LogP contribution in [0, 0.1) is 11.7 Å². The number of carbonyl (C=O) groups is 2. The lowest BCUT2D eigenvalue weighted by molar-refractivity contribution is -0.140. The van der Waals surface area contributed by atoms with E-state index in [1.54, 1.807) is 17.2 Å². The number of methoxy groups -OCH3 is 1. The summed E-state index contributed by atoms with van der Waals surface area (Å²) in [5.74, 6) is -0.243. The fraction of sp³-hybridized carbons (Fsp3) is 0.462. The molecule has 1 saturated heterocycles. The molecule has 0 unspecified atom stereocenters. The van der Waals surface area contributed by atoms with Crippen LogP contribution in [0.4, 0.5) is 4.39 Å². The molecular formula is C26H30FN5O5. The summed E-state index contributed by atoms with van der Waals surface area (Å²) < 4.78 is 25.6. The summed E-state index contributed by atoms with van der Waals surface area (Å²) in [6, 6.07) is 2.73. The van der Waals surface area contributed by atoms with Crippen molar-refractivity contribution in [3.63, 3.8) is 0 Å². The van der Waals surface area contributed by atoms with Crippen LogP contribution >= 0.6 is 0 Å². The van der Waals surface area contributed by atoms with Gasteiger partial charge < -0.3 is 29.8 Å². The SMILES string of the molecule is COc1cc(-c2ncnc3c(C(=O)NC4CCN(C(=O)[C@H](C)O)CC4)c[nH]c23)c(OCC2CC2)cc1F. The molecule has 11 heteroatoms. The van der Waals surface area contributed by atoms with Crippen LogP contribution in [0.15, 0.2) is 24.7 Å². The minimum Gasteiger partial charge on any atom is -0.494 e. The van der Waals surface area contributed by atoms with Crippen molar-refractivity contribution in [1.82, 2.24) is 25.2 Å². The van der Waals surface area contributed by atoms with Crippen LogP contribution in [-0.4, -0.2) is 75.7 Å². The first kappa shape index (κ1) is 24.9. The molecule has 0 spiro atoms. The molecule has 2 aromatic heterocycles. The van der Waals surface area contributed by atoms with Gasteiger partial charge in [-0.25, -0.2) is 14.4 Å². The van der Waals surface area contributed by atoms with Gasteiger partial charge in [0.1, 0.15) is 29.4 Å². The Hall–Kier alpha value is -3.73. The van der Waals surface area contributed by atoms with E-state index in [1.807, 2.05) is 0 Å². The zero-order valence-electron chi connectivity index (χ0n) is 20.8. The lowest BCUT2D eigenvalue weighted by atomic mass is 10.0. The number of aromatic nitrogens is 3. The number of aliphatic hydroxyl groups excluding tert-OH is 1. The number of aliphatic hydroxyl groups is 1. The number of ether oxygens (including phenoxy) is 2. The fourth-order valence-corrected chi connectivity index (χ4v) is 4.58. The number of likely N-dealkylation sites (tertiary alicyclic amines) is 1. The summed E-state index contributed by atoms with van der Waals surface area (Å²) in [5.41, 5.74) is 2.32. The smallest absolute Gasteiger partial charge is 0.255 e. The Balaban J connectivity index is 1.38. The van der Waals surface area contributed by atoms with Crippen LogP contribution in [0.5, 0.6) is 11.5 Å². The minimum absolute atomic E-state index is 0.0606. The Morgan fingerprint density at radius 1 is 1.22 bits per heavy atom. The number of nitrogens with zero attached hydrogens (tertiary/aromatic N) is 3. The molecular weight excluding hydrogens is 481 g/mol. The Kier molecular flexibility index (Phi) is 6.96. The molecule has 1 aliphatic heterocycles. The number of aromatic amines is 1. The van der Waals surface area contributed by atoms with E-state index in [1.165, 1.54) is 26.4 Å². The predicted molar refractivity (Wildman–Crippen MR) is 133 cm³/mol. The van der Waals surface area contributed by atoms with Crippen LogP contribution in [0.1, 0.15) is 43.0 Å². The third-order valence-electron chi connectivity index (χ3n) is 6.89. The highest BCUT2D eigenvalue weighted by molar-refractivity contribution is 6.08. The molecule has 2 amide bonds. The second-order valence-electron chi connectivity index (χ2n) is 9.63. The topological polar surface area (TPSA) is 130 Å². The van der Waals surface area contributed by atoms with Crippen molar-refractivity contribution in [3.8, 4) is 22.8 Å². The van der Waals surface area contributed by atoms with Crippen molar-refractivity contribution in [2.24, 2.45) is 5.92 Å². The van der Waals surface area contributed by atoms with Gasteiger partial charge in [0.2, 0.25) is 0 Å². The van der Waals surface area contributed by atoms with Gasteiger partial charge in [-0.2, -0.15) is 0 Å². The van der Waals surface area contributed by atoms with E-state index >= 15 is 0 Å². The Labute approximate surface area is 213 Å². The number of amides is 2. The fourth-order valence-electron chi connectivity index (χ4n) is 4.58. The number of carbonyl (C=O) groups excluding carboxylic acids is 2. The zero-order chi connectivity index (χ0) is 26.1. The van der Waals surface area contributed by atoms with E-state index in [0.717, 1.165) is 12.8 Å². The summed E-state index contributed by atoms with van der Waals surface area (Å²) in [5, 5.41) is 12.5. The van der Waals surface area contributed by atoms with Crippen molar-refractivity contribution < 1.29 is 28.6 Å². The number of benzene rings is 1. The molecule has 2 fully saturated rings. The maximum absolute atomic E-state index is 14.5. The summed E-state index contributed by atoms with van der Waals surface area (Å²) >= 11 is 0. The van der Waals surface area contributed by atoms with E-state index in [9.17, 15) is 19.1 Å². The van der Waals surface area contributed by atoms with Gasteiger partial charge in [-0.1, -0.05) is 0 Å². The third-order valence-corrected chi connectivity index (χ3v) is 6.89. The van der Waals surface area contributed by atoms with Crippen molar-refractivity contribution >= 4 is 22.8 Å². The summed E-state index contributed by atoms with van der Waals surface area (Å²) in [4.78, 5) is 38.6. The first-order valence-corrected chi connectivity index (χ1v) is 12.5. The van der Waals surface area contributed by atoms with E-state index < -0.39 is 11.9 Å². The van der Waals surface area contributed by atoms with Crippen LogP contribution in [0.2, 0.25) is 0 Å². The number of nitrogens with one attached hydrogen (secondary N) is 2. The second kappa shape index (κ2) is 10.3. The standard InChI is InChI=1S/C26H30FN5O5/c1-14(33)26(35)32-7-5-16(6-8-32)31-25(34)18-11-28-24-22(29-13-30-23(18)24)17-9-21(36-2)19(27)10-20(17)37-12-15-3-4-15/h9-11,13-16,28,33H,3-8,12H2,1-2H3,(H,31,34)/t14-/m0/s1. The lowest BCUT2D eigenvalue weighted by Gasteiger charge is -2.33. The molecule has 1 saturated carbocycles.